The fourth-order valence-electron chi connectivity index (χ4n) is 4.03. The third kappa shape index (κ3) is 9.98. The molecule has 0 radical (unpaired) electrons. The Balaban J connectivity index is 0.000000234. The summed E-state index contributed by atoms with van der Waals surface area (Å²) in [7, 11) is 1.62. The minimum atomic E-state index is 0.134. The molecule has 1 aliphatic carbocycles. The van der Waals surface area contributed by atoms with Crippen LogP contribution in [0.15, 0.2) is 78.9 Å². The molecule has 0 spiro atoms. The number of allylic oxidation sites excluding steroid dienone is 1. The van der Waals surface area contributed by atoms with Gasteiger partial charge in [0.2, 0.25) is 5.91 Å². The van der Waals surface area contributed by atoms with E-state index < -0.39 is 0 Å². The van der Waals surface area contributed by atoms with Crippen molar-refractivity contribution in [1.82, 2.24) is 4.90 Å². The van der Waals surface area contributed by atoms with Crippen molar-refractivity contribution in [3.05, 3.63) is 95.6 Å². The minimum absolute atomic E-state index is 0.134. The maximum atomic E-state index is 11.4. The average molecular weight is 543 g/mol. The molecule has 2 fully saturated rings. The lowest BCUT2D eigenvalue weighted by atomic mass is 10.1. The molecule has 0 bridgehead atoms. The molecule has 212 valence electrons. The number of anilines is 2. The van der Waals surface area contributed by atoms with Gasteiger partial charge in [-0.2, -0.15) is 0 Å². The van der Waals surface area contributed by atoms with Crippen molar-refractivity contribution in [3.63, 3.8) is 0 Å². The normalized spacial score (nSPS) is 14.8. The first kappa shape index (κ1) is 30.6. The quantitative estimate of drug-likeness (QED) is 0.231. The molecule has 40 heavy (non-hydrogen) atoms. The van der Waals surface area contributed by atoms with E-state index in [4.69, 9.17) is 20.6 Å². The van der Waals surface area contributed by atoms with E-state index in [9.17, 15) is 4.79 Å². The zero-order valence-corrected chi connectivity index (χ0v) is 23.9. The monoisotopic (exact) mass is 542 g/mol. The second-order valence-corrected chi connectivity index (χ2v) is 9.46. The van der Waals surface area contributed by atoms with E-state index in [1.54, 1.807) is 13.2 Å². The van der Waals surface area contributed by atoms with Gasteiger partial charge >= 0.3 is 0 Å². The van der Waals surface area contributed by atoms with Gasteiger partial charge in [0.05, 0.1) is 26.0 Å². The number of amides is 1. The Hall–Kier alpha value is -3.94. The third-order valence-corrected chi connectivity index (χ3v) is 6.49. The lowest BCUT2D eigenvalue weighted by molar-refractivity contribution is -0.117. The van der Waals surface area contributed by atoms with E-state index >= 15 is 0 Å². The van der Waals surface area contributed by atoms with Crippen LogP contribution in [-0.4, -0.2) is 49.9 Å². The molecule has 0 atom stereocenters. The average Bonchev–Trinajstić information content (AvgIpc) is 3.85. The van der Waals surface area contributed by atoms with Gasteiger partial charge in [0.15, 0.2) is 0 Å². The molecule has 1 saturated carbocycles. The second-order valence-electron chi connectivity index (χ2n) is 9.46. The predicted molar refractivity (Wildman–Crippen MR) is 165 cm³/mol. The van der Waals surface area contributed by atoms with Crippen LogP contribution in [0.5, 0.6) is 5.75 Å². The molecule has 1 aliphatic heterocycles. The number of ether oxygens (including phenoxy) is 2. The number of nitrogens with zero attached hydrogens (tertiary/aromatic N) is 1. The molecule has 0 aromatic heterocycles. The third-order valence-electron chi connectivity index (χ3n) is 6.49. The van der Waals surface area contributed by atoms with E-state index in [2.05, 4.69) is 34.5 Å². The summed E-state index contributed by atoms with van der Waals surface area (Å²) >= 11 is 0. The van der Waals surface area contributed by atoms with Crippen LogP contribution in [0.1, 0.15) is 43.4 Å². The number of nitrogens with one attached hydrogen (secondary N) is 2. The number of hydrogen-bond donors (Lipinski definition) is 3. The second kappa shape index (κ2) is 16.2. The van der Waals surface area contributed by atoms with Crippen LogP contribution in [0, 0.1) is 11.3 Å². The lowest BCUT2D eigenvalue weighted by Crippen LogP contribution is -2.35. The van der Waals surface area contributed by atoms with Gasteiger partial charge in [-0.15, -0.1) is 0 Å². The maximum Gasteiger partial charge on any atom is 0.227 e. The van der Waals surface area contributed by atoms with Crippen molar-refractivity contribution in [2.24, 2.45) is 5.92 Å². The minimum Gasteiger partial charge on any atom is -0.497 e. The number of morpholine rings is 1. The van der Waals surface area contributed by atoms with Crippen molar-refractivity contribution < 1.29 is 14.3 Å². The highest BCUT2D eigenvalue weighted by Crippen LogP contribution is 2.30. The van der Waals surface area contributed by atoms with Crippen LogP contribution in [0.3, 0.4) is 0 Å². The molecular weight excluding hydrogens is 500 g/mol. The first-order chi connectivity index (χ1) is 19.5. The predicted octanol–water partition coefficient (Wildman–Crippen LogP) is 6.25. The topological polar surface area (TPSA) is 101 Å². The van der Waals surface area contributed by atoms with Crippen LogP contribution in [-0.2, 0) is 16.1 Å². The van der Waals surface area contributed by atoms with Crippen LogP contribution >= 0.6 is 0 Å². The number of carbonyl (C=O) groups excluding carboxylic acids is 1. The van der Waals surface area contributed by atoms with Gasteiger partial charge < -0.3 is 25.9 Å². The highest BCUT2D eigenvalue weighted by molar-refractivity contribution is 6.11. The summed E-state index contributed by atoms with van der Waals surface area (Å²) in [5, 5.41) is 11.0. The van der Waals surface area contributed by atoms with Crippen molar-refractivity contribution in [1.29, 1.82) is 5.41 Å². The maximum absolute atomic E-state index is 11.4. The molecule has 1 heterocycles. The largest absolute Gasteiger partial charge is 0.497 e. The van der Waals surface area contributed by atoms with Gasteiger partial charge in [0.1, 0.15) is 5.75 Å². The number of para-hydroxylation sites is 1. The summed E-state index contributed by atoms with van der Waals surface area (Å²) in [6.45, 7) is 8.61. The van der Waals surface area contributed by atoms with Gasteiger partial charge in [-0.25, -0.2) is 0 Å². The van der Waals surface area contributed by atoms with E-state index in [1.165, 1.54) is 5.56 Å². The molecule has 1 saturated heterocycles. The number of nitrogens with two attached hydrogens (primary N) is 1. The Morgan fingerprint density at radius 2 is 1.68 bits per heavy atom. The number of methoxy groups -OCH3 is 1. The van der Waals surface area contributed by atoms with Gasteiger partial charge in [-0.1, -0.05) is 62.4 Å². The van der Waals surface area contributed by atoms with Crippen molar-refractivity contribution >= 4 is 29.1 Å². The van der Waals surface area contributed by atoms with Crippen LogP contribution in [0.25, 0.3) is 6.08 Å². The Labute approximate surface area is 238 Å². The van der Waals surface area contributed by atoms with E-state index in [0.29, 0.717) is 11.4 Å². The fourth-order valence-corrected chi connectivity index (χ4v) is 4.03. The summed E-state index contributed by atoms with van der Waals surface area (Å²) in [4.78, 5) is 13.8. The molecule has 7 heteroatoms. The standard InChI is InChI=1S/C20H23N3O.C11H13NO2.C2H6/c21-19-4-2-1-3-18(19)20(22)10-9-16-5-7-17(8-6-16)15-23-11-13-24-14-12-23;1-14-10-6-4-9(5-7-10)12-11(13)8-2-3-8;1-2/h1-10,22H,11-15,21H2;4-8H,2-3H2,1H3,(H,12,13);1-2H3/b10-9+,22-20?;;. The Morgan fingerprint density at radius 1 is 1.02 bits per heavy atom. The van der Waals surface area contributed by atoms with Crippen molar-refractivity contribution in [3.8, 4) is 5.75 Å². The fraction of sp³-hybridized carbons (Fsp3) is 0.333. The molecule has 1 amide bonds. The summed E-state index contributed by atoms with van der Waals surface area (Å²) in [5.41, 5.74) is 10.9. The van der Waals surface area contributed by atoms with Gasteiger partial charge in [0.25, 0.3) is 0 Å². The first-order valence-corrected chi connectivity index (χ1v) is 14.0. The van der Waals surface area contributed by atoms with Crippen LogP contribution in [0.2, 0.25) is 0 Å². The van der Waals surface area contributed by atoms with Crippen molar-refractivity contribution in [2.75, 3.05) is 44.5 Å². The number of nitrogen functional groups attached to an aromatic ring is 1. The summed E-state index contributed by atoms with van der Waals surface area (Å²) in [5.74, 6) is 1.18. The summed E-state index contributed by atoms with van der Waals surface area (Å²) in [6, 6.07) is 23.3. The molecule has 7 nitrogen and oxygen atoms in total. The SMILES string of the molecule is CC.COc1ccc(NC(=O)C2CC2)cc1.N=C(/C=C/c1ccc(CN2CCOCC2)cc1)c1ccccc1N. The lowest BCUT2D eigenvalue weighted by Gasteiger charge is -2.26. The highest BCUT2D eigenvalue weighted by Gasteiger charge is 2.29. The van der Waals surface area contributed by atoms with Gasteiger partial charge in [-0.05, 0) is 60.4 Å². The summed E-state index contributed by atoms with van der Waals surface area (Å²) in [6.07, 6.45) is 5.81. The first-order valence-electron chi connectivity index (χ1n) is 14.0. The van der Waals surface area contributed by atoms with Crippen molar-refractivity contribution in [2.45, 2.75) is 33.2 Å². The Kier molecular flexibility index (Phi) is 12.4. The Bertz CT molecular complexity index is 1230. The van der Waals surface area contributed by atoms with E-state index in [1.807, 2.05) is 68.5 Å². The van der Waals surface area contributed by atoms with E-state index in [-0.39, 0.29) is 11.8 Å². The zero-order valence-electron chi connectivity index (χ0n) is 23.9. The molecule has 3 aromatic carbocycles. The molecule has 0 unspecified atom stereocenters. The number of hydrogen-bond acceptors (Lipinski definition) is 6. The van der Waals surface area contributed by atoms with Gasteiger partial charge in [-0.3, -0.25) is 9.69 Å². The molecule has 4 N–H and O–H groups in total. The number of rotatable bonds is 8. The smallest absolute Gasteiger partial charge is 0.227 e. The number of benzene rings is 3. The highest BCUT2D eigenvalue weighted by atomic mass is 16.5. The molecule has 5 rings (SSSR count). The Morgan fingerprint density at radius 3 is 2.27 bits per heavy atom. The van der Waals surface area contributed by atoms with E-state index in [0.717, 1.165) is 68.3 Å². The molecular formula is C33H42N4O3. The van der Waals surface area contributed by atoms with Crippen LogP contribution in [0.4, 0.5) is 11.4 Å². The van der Waals surface area contributed by atoms with Gasteiger partial charge in [0, 0.05) is 42.5 Å². The van der Waals surface area contributed by atoms with Crippen LogP contribution < -0.4 is 15.8 Å². The summed E-state index contributed by atoms with van der Waals surface area (Å²) < 4.78 is 10.4. The number of carbonyl (C=O) groups is 1. The molecule has 3 aromatic rings. The zero-order chi connectivity index (χ0) is 28.7. The molecule has 2 aliphatic rings.